The lowest BCUT2D eigenvalue weighted by Gasteiger charge is -2.12. The molecule has 4 heterocycles. The SMILES string of the molecule is CCc1cc2c(=O)n(Cc3ccco3)c(SCC(=O)NC[C@@H]3CCCO3)nc2s1. The molecule has 0 saturated carbocycles. The van der Waals surface area contributed by atoms with E-state index in [2.05, 4.69) is 12.2 Å². The van der Waals surface area contributed by atoms with E-state index in [0.29, 0.717) is 27.7 Å². The highest BCUT2D eigenvalue weighted by atomic mass is 32.2. The number of nitrogens with zero attached hydrogens (tertiary/aromatic N) is 2. The largest absolute Gasteiger partial charge is 0.467 e. The number of aryl methyl sites for hydroxylation is 1. The Morgan fingerprint density at radius 1 is 1.48 bits per heavy atom. The fourth-order valence-electron chi connectivity index (χ4n) is 3.24. The van der Waals surface area contributed by atoms with Gasteiger partial charge in [-0.05, 0) is 37.5 Å². The van der Waals surface area contributed by atoms with Gasteiger partial charge in [-0.25, -0.2) is 4.98 Å². The molecule has 154 valence electrons. The number of aromatic nitrogens is 2. The first-order valence-corrected chi connectivity index (χ1v) is 11.5. The molecule has 1 saturated heterocycles. The summed E-state index contributed by atoms with van der Waals surface area (Å²) in [4.78, 5) is 31.9. The third-order valence-corrected chi connectivity index (χ3v) is 6.94. The number of carbonyl (C=O) groups excluding carboxylic acids is 1. The van der Waals surface area contributed by atoms with Gasteiger partial charge >= 0.3 is 0 Å². The Bertz CT molecular complexity index is 1040. The predicted octanol–water partition coefficient (Wildman–Crippen LogP) is 3.05. The smallest absolute Gasteiger partial charge is 0.263 e. The number of ether oxygens (including phenoxy) is 1. The van der Waals surface area contributed by atoms with E-state index in [9.17, 15) is 9.59 Å². The zero-order valence-corrected chi connectivity index (χ0v) is 17.8. The first kappa shape index (κ1) is 20.2. The Morgan fingerprint density at radius 3 is 3.10 bits per heavy atom. The Kier molecular flexibility index (Phi) is 6.37. The van der Waals surface area contributed by atoms with Gasteiger partial charge in [-0.15, -0.1) is 11.3 Å². The average Bonchev–Trinajstić information content (AvgIpc) is 3.48. The minimum absolute atomic E-state index is 0.0928. The summed E-state index contributed by atoms with van der Waals surface area (Å²) in [5.41, 5.74) is -0.107. The Hall–Kier alpha value is -2.10. The monoisotopic (exact) mass is 433 g/mol. The van der Waals surface area contributed by atoms with Crippen molar-refractivity contribution in [3.05, 3.63) is 45.5 Å². The van der Waals surface area contributed by atoms with Gasteiger partial charge in [-0.1, -0.05) is 18.7 Å². The van der Waals surface area contributed by atoms with Crippen LogP contribution in [0.4, 0.5) is 0 Å². The number of hydrogen-bond acceptors (Lipinski definition) is 7. The van der Waals surface area contributed by atoms with Crippen LogP contribution in [0.2, 0.25) is 0 Å². The maximum absolute atomic E-state index is 13.1. The number of thiophene rings is 1. The number of fused-ring (bicyclic) bond motifs is 1. The second kappa shape index (κ2) is 9.15. The van der Waals surface area contributed by atoms with E-state index in [1.165, 1.54) is 23.1 Å². The molecule has 0 bridgehead atoms. The van der Waals surface area contributed by atoms with Crippen molar-refractivity contribution in [1.29, 1.82) is 0 Å². The van der Waals surface area contributed by atoms with Crippen LogP contribution < -0.4 is 10.9 Å². The third-order valence-electron chi connectivity index (χ3n) is 4.79. The van der Waals surface area contributed by atoms with Gasteiger partial charge in [0, 0.05) is 18.0 Å². The Morgan fingerprint density at radius 2 is 2.38 bits per heavy atom. The molecule has 0 radical (unpaired) electrons. The lowest BCUT2D eigenvalue weighted by molar-refractivity contribution is -0.119. The first-order valence-electron chi connectivity index (χ1n) is 9.70. The number of thioether (sulfide) groups is 1. The van der Waals surface area contributed by atoms with Gasteiger partial charge in [0.05, 0.1) is 30.1 Å². The Balaban J connectivity index is 1.54. The van der Waals surface area contributed by atoms with Crippen molar-refractivity contribution >= 4 is 39.2 Å². The summed E-state index contributed by atoms with van der Waals surface area (Å²) in [5.74, 6) is 0.767. The van der Waals surface area contributed by atoms with Crippen LogP contribution in [0.1, 0.15) is 30.4 Å². The summed E-state index contributed by atoms with van der Waals surface area (Å²) in [6.45, 7) is 3.63. The van der Waals surface area contributed by atoms with E-state index in [1.54, 1.807) is 16.9 Å². The molecule has 9 heteroatoms. The number of carbonyl (C=O) groups is 1. The molecule has 1 aliphatic rings. The summed E-state index contributed by atoms with van der Waals surface area (Å²) in [5, 5.41) is 4.05. The standard InChI is InChI=1S/C20H23N3O4S2/c1-2-15-9-16-18(29-15)22-20(23(19(16)25)11-14-6-4-8-27-14)28-12-17(24)21-10-13-5-3-7-26-13/h4,6,8-9,13H,2-3,5,7,10-12H2,1H3,(H,21,24)/t13-/m0/s1. The topological polar surface area (TPSA) is 86.4 Å². The van der Waals surface area contributed by atoms with Crippen molar-refractivity contribution in [1.82, 2.24) is 14.9 Å². The molecule has 29 heavy (non-hydrogen) atoms. The van der Waals surface area contributed by atoms with Crippen LogP contribution in [-0.2, 0) is 22.5 Å². The molecule has 1 N–H and O–H groups in total. The number of rotatable bonds is 8. The van der Waals surface area contributed by atoms with Crippen molar-refractivity contribution in [3.8, 4) is 0 Å². The quantitative estimate of drug-likeness (QED) is 0.434. The molecule has 1 aliphatic heterocycles. The maximum Gasteiger partial charge on any atom is 0.263 e. The molecule has 0 aliphatic carbocycles. The number of hydrogen-bond donors (Lipinski definition) is 1. The van der Waals surface area contributed by atoms with E-state index >= 15 is 0 Å². The van der Waals surface area contributed by atoms with Crippen molar-refractivity contribution < 1.29 is 13.9 Å². The molecular formula is C20H23N3O4S2. The zero-order chi connectivity index (χ0) is 20.2. The van der Waals surface area contributed by atoms with E-state index < -0.39 is 0 Å². The van der Waals surface area contributed by atoms with Crippen LogP contribution in [0.15, 0.2) is 38.8 Å². The normalized spacial score (nSPS) is 16.5. The summed E-state index contributed by atoms with van der Waals surface area (Å²) in [6, 6.07) is 5.53. The molecule has 7 nitrogen and oxygen atoms in total. The van der Waals surface area contributed by atoms with Crippen LogP contribution in [0.3, 0.4) is 0 Å². The van der Waals surface area contributed by atoms with Crippen LogP contribution in [0, 0.1) is 0 Å². The van der Waals surface area contributed by atoms with Gasteiger partial charge in [0.25, 0.3) is 5.56 Å². The maximum atomic E-state index is 13.1. The number of furan rings is 1. The fraction of sp³-hybridized carbons (Fsp3) is 0.450. The molecule has 3 aromatic rings. The number of nitrogens with one attached hydrogen (secondary N) is 1. The zero-order valence-electron chi connectivity index (χ0n) is 16.2. The van der Waals surface area contributed by atoms with Crippen LogP contribution in [0.5, 0.6) is 0 Å². The minimum Gasteiger partial charge on any atom is -0.467 e. The highest BCUT2D eigenvalue weighted by molar-refractivity contribution is 7.99. The minimum atomic E-state index is -0.107. The molecule has 3 aromatic heterocycles. The predicted molar refractivity (Wildman–Crippen MR) is 114 cm³/mol. The summed E-state index contributed by atoms with van der Waals surface area (Å²) in [7, 11) is 0. The van der Waals surface area contributed by atoms with Gasteiger partial charge in [0.2, 0.25) is 5.91 Å². The Labute approximate surface area is 176 Å². The van der Waals surface area contributed by atoms with Crippen molar-refractivity contribution in [2.45, 2.75) is 44.0 Å². The molecule has 0 spiro atoms. The molecule has 0 aromatic carbocycles. The van der Waals surface area contributed by atoms with E-state index in [0.717, 1.165) is 30.7 Å². The van der Waals surface area contributed by atoms with E-state index in [1.807, 2.05) is 12.1 Å². The second-order valence-corrected chi connectivity index (χ2v) is 8.94. The average molecular weight is 434 g/mol. The first-order chi connectivity index (χ1) is 14.1. The number of amides is 1. The molecular weight excluding hydrogens is 410 g/mol. The second-order valence-electron chi connectivity index (χ2n) is 6.88. The van der Waals surface area contributed by atoms with E-state index in [4.69, 9.17) is 14.1 Å². The van der Waals surface area contributed by atoms with Gasteiger partial charge in [0.15, 0.2) is 5.16 Å². The van der Waals surface area contributed by atoms with Crippen molar-refractivity contribution in [2.75, 3.05) is 18.9 Å². The van der Waals surface area contributed by atoms with Crippen LogP contribution in [-0.4, -0.2) is 40.5 Å². The summed E-state index contributed by atoms with van der Waals surface area (Å²) in [6.07, 6.45) is 4.56. The molecule has 1 fully saturated rings. The third kappa shape index (κ3) is 4.73. The highest BCUT2D eigenvalue weighted by Gasteiger charge is 2.18. The van der Waals surface area contributed by atoms with Crippen molar-refractivity contribution in [2.24, 2.45) is 0 Å². The van der Waals surface area contributed by atoms with Crippen LogP contribution >= 0.6 is 23.1 Å². The molecule has 1 atom stereocenters. The van der Waals surface area contributed by atoms with Crippen LogP contribution in [0.25, 0.3) is 10.2 Å². The van der Waals surface area contributed by atoms with E-state index in [-0.39, 0.29) is 29.9 Å². The van der Waals surface area contributed by atoms with Gasteiger partial charge in [-0.3, -0.25) is 14.2 Å². The fourth-order valence-corrected chi connectivity index (χ4v) is 5.08. The lowest BCUT2D eigenvalue weighted by atomic mass is 10.2. The molecule has 4 rings (SSSR count). The summed E-state index contributed by atoms with van der Waals surface area (Å²) < 4.78 is 12.5. The summed E-state index contributed by atoms with van der Waals surface area (Å²) >= 11 is 2.79. The molecule has 1 amide bonds. The van der Waals surface area contributed by atoms with Gasteiger partial charge in [0.1, 0.15) is 10.6 Å². The lowest BCUT2D eigenvalue weighted by Crippen LogP contribution is -2.33. The van der Waals surface area contributed by atoms with Gasteiger partial charge < -0.3 is 14.5 Å². The van der Waals surface area contributed by atoms with Gasteiger partial charge in [-0.2, -0.15) is 0 Å². The molecule has 0 unspecified atom stereocenters. The van der Waals surface area contributed by atoms with Crippen molar-refractivity contribution in [3.63, 3.8) is 0 Å². The highest BCUT2D eigenvalue weighted by Crippen LogP contribution is 2.25.